The Morgan fingerprint density at radius 3 is 2.68 bits per heavy atom. The van der Waals surface area contributed by atoms with Crippen molar-refractivity contribution in [3.05, 3.63) is 35.5 Å². The molecule has 0 aliphatic heterocycles. The molecule has 1 amide bonds. The van der Waals surface area contributed by atoms with Gasteiger partial charge in [-0.15, -0.1) is 0 Å². The van der Waals surface area contributed by atoms with Crippen LogP contribution in [0.2, 0.25) is 0 Å². The van der Waals surface area contributed by atoms with Crippen LogP contribution in [0.5, 0.6) is 11.5 Å². The van der Waals surface area contributed by atoms with Crippen molar-refractivity contribution in [1.82, 2.24) is 10.2 Å². The number of hydrogen-bond donors (Lipinski definition) is 2. The number of aryl methyl sites for hydroxylation is 1. The minimum absolute atomic E-state index is 0.289. The van der Waals surface area contributed by atoms with Crippen LogP contribution in [0.1, 0.15) is 15.9 Å². The van der Waals surface area contributed by atoms with Gasteiger partial charge in [0.05, 0.1) is 26.0 Å². The van der Waals surface area contributed by atoms with Gasteiger partial charge in [0.25, 0.3) is 5.91 Å². The average molecular weight is 261 g/mol. The largest absolute Gasteiger partial charge is 0.493 e. The van der Waals surface area contributed by atoms with E-state index in [1.807, 2.05) is 6.92 Å². The lowest BCUT2D eigenvalue weighted by molar-refractivity contribution is 0.102. The van der Waals surface area contributed by atoms with E-state index in [-0.39, 0.29) is 5.91 Å². The lowest BCUT2D eigenvalue weighted by atomic mass is 10.1. The van der Waals surface area contributed by atoms with E-state index < -0.39 is 0 Å². The summed E-state index contributed by atoms with van der Waals surface area (Å²) in [6.07, 6.45) is 1.64. The minimum atomic E-state index is -0.289. The van der Waals surface area contributed by atoms with Gasteiger partial charge >= 0.3 is 0 Å². The monoisotopic (exact) mass is 261 g/mol. The van der Waals surface area contributed by atoms with Crippen molar-refractivity contribution in [2.75, 3.05) is 19.5 Å². The van der Waals surface area contributed by atoms with E-state index in [0.29, 0.717) is 22.9 Å². The fraction of sp³-hybridized carbons (Fsp3) is 0.231. The van der Waals surface area contributed by atoms with Crippen LogP contribution in [0.25, 0.3) is 0 Å². The third-order valence-electron chi connectivity index (χ3n) is 2.71. The molecule has 0 unspecified atom stereocenters. The Morgan fingerprint density at radius 2 is 2.11 bits per heavy atom. The smallest absolute Gasteiger partial charge is 0.260 e. The molecule has 2 N–H and O–H groups in total. The van der Waals surface area contributed by atoms with Crippen LogP contribution in [0.3, 0.4) is 0 Å². The van der Waals surface area contributed by atoms with Gasteiger partial charge in [0.15, 0.2) is 11.5 Å². The molecule has 0 spiro atoms. The Morgan fingerprint density at radius 1 is 1.32 bits per heavy atom. The van der Waals surface area contributed by atoms with Gasteiger partial charge in [0.1, 0.15) is 5.82 Å². The van der Waals surface area contributed by atoms with Crippen molar-refractivity contribution in [3.8, 4) is 11.5 Å². The third kappa shape index (κ3) is 2.52. The molecule has 0 aliphatic rings. The first-order valence-corrected chi connectivity index (χ1v) is 5.69. The zero-order valence-electron chi connectivity index (χ0n) is 11.0. The molecule has 0 fully saturated rings. The molecule has 6 heteroatoms. The number of benzene rings is 1. The maximum Gasteiger partial charge on any atom is 0.260 e. The second-order valence-corrected chi connectivity index (χ2v) is 3.92. The average Bonchev–Trinajstić information content (AvgIpc) is 2.83. The van der Waals surface area contributed by atoms with Gasteiger partial charge in [0.2, 0.25) is 0 Å². The summed E-state index contributed by atoms with van der Waals surface area (Å²) in [6.45, 7) is 1.85. The molecule has 2 aromatic rings. The molecule has 2 rings (SSSR count). The molecule has 0 bridgehead atoms. The Balaban J connectivity index is 2.31. The summed E-state index contributed by atoms with van der Waals surface area (Å²) in [5.74, 6) is 1.19. The van der Waals surface area contributed by atoms with Gasteiger partial charge < -0.3 is 14.8 Å². The normalized spacial score (nSPS) is 10.1. The number of hydrogen-bond acceptors (Lipinski definition) is 4. The van der Waals surface area contributed by atoms with Crippen molar-refractivity contribution in [2.45, 2.75) is 6.92 Å². The second-order valence-electron chi connectivity index (χ2n) is 3.92. The summed E-state index contributed by atoms with van der Waals surface area (Å²) >= 11 is 0. The highest BCUT2D eigenvalue weighted by atomic mass is 16.5. The molecular weight excluding hydrogens is 246 g/mol. The highest BCUT2D eigenvalue weighted by Crippen LogP contribution is 2.31. The maximum atomic E-state index is 12.2. The Bertz CT molecular complexity index is 593. The van der Waals surface area contributed by atoms with E-state index in [1.165, 1.54) is 14.2 Å². The zero-order chi connectivity index (χ0) is 13.8. The Labute approximate surface area is 110 Å². The zero-order valence-corrected chi connectivity index (χ0v) is 11.0. The van der Waals surface area contributed by atoms with Crippen LogP contribution in [0.4, 0.5) is 5.82 Å². The number of anilines is 1. The lowest BCUT2D eigenvalue weighted by Gasteiger charge is -2.12. The topological polar surface area (TPSA) is 76.2 Å². The first-order valence-electron chi connectivity index (χ1n) is 5.69. The molecule has 1 heterocycles. The fourth-order valence-electron chi connectivity index (χ4n) is 1.72. The highest BCUT2D eigenvalue weighted by Gasteiger charge is 2.17. The number of carbonyl (C=O) groups is 1. The van der Waals surface area contributed by atoms with Crippen LogP contribution in [-0.4, -0.2) is 30.3 Å². The summed E-state index contributed by atoms with van der Waals surface area (Å²) in [7, 11) is 3.02. The SMILES string of the molecule is COc1cccc(C(=O)Nc2[nH]ncc2C)c1OC. The molecule has 1 aromatic carbocycles. The Kier molecular flexibility index (Phi) is 3.70. The molecule has 0 atom stereocenters. The van der Waals surface area contributed by atoms with E-state index >= 15 is 0 Å². The van der Waals surface area contributed by atoms with Gasteiger partial charge in [-0.3, -0.25) is 9.89 Å². The van der Waals surface area contributed by atoms with E-state index in [9.17, 15) is 4.79 Å². The first-order chi connectivity index (χ1) is 9.17. The summed E-state index contributed by atoms with van der Waals surface area (Å²) < 4.78 is 10.4. The number of ether oxygens (including phenoxy) is 2. The molecule has 0 saturated carbocycles. The number of aromatic amines is 1. The molecule has 19 heavy (non-hydrogen) atoms. The second kappa shape index (κ2) is 5.43. The fourth-order valence-corrected chi connectivity index (χ4v) is 1.72. The van der Waals surface area contributed by atoms with Crippen molar-refractivity contribution in [3.63, 3.8) is 0 Å². The van der Waals surface area contributed by atoms with Crippen molar-refractivity contribution >= 4 is 11.7 Å². The number of carbonyl (C=O) groups excluding carboxylic acids is 1. The van der Waals surface area contributed by atoms with Crippen LogP contribution >= 0.6 is 0 Å². The molecule has 1 aromatic heterocycles. The number of para-hydroxylation sites is 1. The van der Waals surface area contributed by atoms with Crippen molar-refractivity contribution < 1.29 is 14.3 Å². The van der Waals surface area contributed by atoms with Crippen LogP contribution < -0.4 is 14.8 Å². The molecule has 100 valence electrons. The van der Waals surface area contributed by atoms with Crippen molar-refractivity contribution in [2.24, 2.45) is 0 Å². The Hall–Kier alpha value is -2.50. The van der Waals surface area contributed by atoms with Crippen molar-refractivity contribution in [1.29, 1.82) is 0 Å². The number of nitrogens with zero attached hydrogens (tertiary/aromatic N) is 1. The molecule has 0 saturated heterocycles. The van der Waals surface area contributed by atoms with Gasteiger partial charge in [-0.05, 0) is 19.1 Å². The molecule has 6 nitrogen and oxygen atoms in total. The molecule has 0 radical (unpaired) electrons. The number of amides is 1. The lowest BCUT2D eigenvalue weighted by Crippen LogP contribution is -2.14. The van der Waals surface area contributed by atoms with E-state index in [4.69, 9.17) is 9.47 Å². The van der Waals surface area contributed by atoms with Gasteiger partial charge in [-0.2, -0.15) is 5.10 Å². The summed E-state index contributed by atoms with van der Waals surface area (Å²) in [4.78, 5) is 12.2. The summed E-state index contributed by atoms with van der Waals surface area (Å²) in [6, 6.07) is 5.13. The molecular formula is C13H15N3O3. The van der Waals surface area contributed by atoms with E-state index in [1.54, 1.807) is 24.4 Å². The van der Waals surface area contributed by atoms with Gasteiger partial charge in [-0.25, -0.2) is 0 Å². The summed E-state index contributed by atoms with van der Waals surface area (Å²) in [5.41, 5.74) is 1.26. The number of rotatable bonds is 4. The number of H-pyrrole nitrogens is 1. The number of methoxy groups -OCH3 is 2. The standard InChI is InChI=1S/C13H15N3O3/c1-8-7-14-16-12(8)15-13(17)9-5-4-6-10(18-2)11(9)19-3/h4-7H,1-3H3,(H2,14,15,16,17). The number of nitrogens with one attached hydrogen (secondary N) is 2. The minimum Gasteiger partial charge on any atom is -0.493 e. The predicted molar refractivity (Wildman–Crippen MR) is 70.8 cm³/mol. The first kappa shape index (κ1) is 12.9. The third-order valence-corrected chi connectivity index (χ3v) is 2.71. The quantitative estimate of drug-likeness (QED) is 0.882. The van der Waals surface area contributed by atoms with Crippen LogP contribution in [-0.2, 0) is 0 Å². The van der Waals surface area contributed by atoms with Gasteiger partial charge in [0, 0.05) is 5.56 Å². The number of aromatic nitrogens is 2. The maximum absolute atomic E-state index is 12.2. The van der Waals surface area contributed by atoms with Crippen LogP contribution in [0, 0.1) is 6.92 Å². The van der Waals surface area contributed by atoms with E-state index in [0.717, 1.165) is 5.56 Å². The highest BCUT2D eigenvalue weighted by molar-refractivity contribution is 6.06. The van der Waals surface area contributed by atoms with E-state index in [2.05, 4.69) is 15.5 Å². The van der Waals surface area contributed by atoms with Gasteiger partial charge in [-0.1, -0.05) is 6.07 Å². The van der Waals surface area contributed by atoms with Crippen LogP contribution in [0.15, 0.2) is 24.4 Å². The summed E-state index contributed by atoms with van der Waals surface area (Å²) in [5, 5.41) is 9.31. The molecule has 0 aliphatic carbocycles. The predicted octanol–water partition coefficient (Wildman–Crippen LogP) is 1.99.